The van der Waals surface area contributed by atoms with Crippen molar-refractivity contribution in [3.05, 3.63) is 11.4 Å². The third-order valence-corrected chi connectivity index (χ3v) is 3.89. The molecule has 2 heterocycles. The summed E-state index contributed by atoms with van der Waals surface area (Å²) in [5.74, 6) is -0.272. The summed E-state index contributed by atoms with van der Waals surface area (Å²) in [4.78, 5) is 13.9. The lowest BCUT2D eigenvalue weighted by atomic mass is 9.94. The van der Waals surface area contributed by atoms with E-state index in [1.165, 1.54) is 4.90 Å². The summed E-state index contributed by atoms with van der Waals surface area (Å²) in [5.41, 5.74) is 6.52. The molecule has 0 bridgehead atoms. The number of nitrogen functional groups attached to an aromatic ring is 1. The number of amides is 1. The van der Waals surface area contributed by atoms with Crippen molar-refractivity contribution in [3.63, 3.8) is 0 Å². The minimum atomic E-state index is -0.889. The van der Waals surface area contributed by atoms with Crippen molar-refractivity contribution >= 4 is 11.6 Å². The molecule has 1 aromatic rings. The number of ether oxygens (including phenoxy) is 1. The van der Waals surface area contributed by atoms with Crippen molar-refractivity contribution in [2.24, 2.45) is 0 Å². The largest absolute Gasteiger partial charge is 0.395 e. The number of aromatic nitrogens is 2. The number of aryl methyl sites for hydroxylation is 1. The maximum Gasteiger partial charge on any atom is 0.276 e. The van der Waals surface area contributed by atoms with Crippen molar-refractivity contribution in [1.82, 2.24) is 15.1 Å². The lowest BCUT2D eigenvalue weighted by Gasteiger charge is -2.35. The van der Waals surface area contributed by atoms with Crippen molar-refractivity contribution in [3.8, 4) is 0 Å². The van der Waals surface area contributed by atoms with E-state index in [1.54, 1.807) is 7.05 Å². The third kappa shape index (κ3) is 3.54. The predicted molar refractivity (Wildman–Crippen MR) is 79.0 cm³/mol. The zero-order valence-electron chi connectivity index (χ0n) is 12.7. The van der Waals surface area contributed by atoms with Gasteiger partial charge in [-0.1, -0.05) is 13.3 Å². The molecule has 0 aliphatic carbocycles. The van der Waals surface area contributed by atoms with Crippen molar-refractivity contribution in [2.75, 3.05) is 32.5 Å². The molecule has 1 saturated heterocycles. The number of carbonyl (C=O) groups is 1. The second-order valence-electron chi connectivity index (χ2n) is 5.71. The van der Waals surface area contributed by atoms with Crippen LogP contribution in [0.15, 0.2) is 0 Å². The number of anilines is 1. The first kappa shape index (κ1) is 15.8. The lowest BCUT2D eigenvalue weighted by molar-refractivity contribution is -0.0734. The van der Waals surface area contributed by atoms with E-state index in [-0.39, 0.29) is 18.1 Å². The zero-order valence-corrected chi connectivity index (χ0v) is 12.7. The Morgan fingerprint density at radius 2 is 2.19 bits per heavy atom. The molecule has 21 heavy (non-hydrogen) atoms. The van der Waals surface area contributed by atoms with Crippen LogP contribution in [0.2, 0.25) is 0 Å². The van der Waals surface area contributed by atoms with E-state index in [1.807, 2.05) is 6.92 Å². The smallest absolute Gasteiger partial charge is 0.276 e. The summed E-state index contributed by atoms with van der Waals surface area (Å²) in [6, 6.07) is 0. The molecule has 4 N–H and O–H groups in total. The van der Waals surface area contributed by atoms with E-state index in [0.29, 0.717) is 31.7 Å². The molecule has 1 fully saturated rings. The Morgan fingerprint density at radius 1 is 1.52 bits per heavy atom. The first-order valence-electron chi connectivity index (χ1n) is 7.35. The van der Waals surface area contributed by atoms with Crippen LogP contribution in [0.25, 0.3) is 0 Å². The van der Waals surface area contributed by atoms with Crippen molar-refractivity contribution in [1.29, 1.82) is 0 Å². The summed E-state index contributed by atoms with van der Waals surface area (Å²) in [7, 11) is 1.66. The van der Waals surface area contributed by atoms with Gasteiger partial charge in [0.1, 0.15) is 0 Å². The number of aromatic amines is 1. The van der Waals surface area contributed by atoms with Gasteiger partial charge in [0.15, 0.2) is 5.69 Å². The summed E-state index contributed by atoms with van der Waals surface area (Å²) in [5, 5.41) is 17.3. The molecular weight excluding hydrogens is 272 g/mol. The Balaban J connectivity index is 2.05. The summed E-state index contributed by atoms with van der Waals surface area (Å²) in [6.07, 6.45) is 2.75. The minimum absolute atomic E-state index is 0.233. The number of likely N-dealkylation sites (N-methyl/N-ethyl adjacent to an activating group) is 1. The van der Waals surface area contributed by atoms with Crippen LogP contribution in [0.1, 0.15) is 42.4 Å². The molecule has 0 unspecified atom stereocenters. The van der Waals surface area contributed by atoms with E-state index in [0.717, 1.165) is 18.5 Å². The number of nitrogens with two attached hydrogens (primary N) is 1. The van der Waals surface area contributed by atoms with Gasteiger partial charge in [0.2, 0.25) is 0 Å². The van der Waals surface area contributed by atoms with Crippen LogP contribution < -0.4 is 5.73 Å². The average Bonchev–Trinajstić information content (AvgIpc) is 2.80. The zero-order chi connectivity index (χ0) is 15.5. The third-order valence-electron chi connectivity index (χ3n) is 3.89. The molecule has 1 amide bonds. The number of carbonyl (C=O) groups excluding carboxylic acids is 1. The maximum absolute atomic E-state index is 12.4. The molecule has 118 valence electrons. The second kappa shape index (κ2) is 6.44. The summed E-state index contributed by atoms with van der Waals surface area (Å²) < 4.78 is 5.24. The first-order chi connectivity index (χ1) is 9.97. The number of nitrogens with zero attached hydrogens (tertiary/aromatic N) is 2. The first-order valence-corrected chi connectivity index (χ1v) is 7.35. The van der Waals surface area contributed by atoms with Gasteiger partial charge in [0.05, 0.1) is 17.0 Å². The Hall–Kier alpha value is -1.60. The highest BCUT2D eigenvalue weighted by Gasteiger charge is 2.33. The van der Waals surface area contributed by atoms with E-state index < -0.39 is 5.60 Å². The molecule has 0 spiro atoms. The highest BCUT2D eigenvalue weighted by Crippen LogP contribution is 2.23. The number of rotatable bonds is 5. The van der Waals surface area contributed by atoms with E-state index >= 15 is 0 Å². The Labute approximate surface area is 124 Å². The number of nitrogens with one attached hydrogen (secondary N) is 1. The number of H-pyrrole nitrogens is 1. The van der Waals surface area contributed by atoms with Gasteiger partial charge >= 0.3 is 0 Å². The summed E-state index contributed by atoms with van der Waals surface area (Å²) in [6.45, 7) is 3.33. The van der Waals surface area contributed by atoms with Crippen molar-refractivity contribution < 1.29 is 14.6 Å². The fourth-order valence-corrected chi connectivity index (χ4v) is 2.59. The van der Waals surface area contributed by atoms with Gasteiger partial charge in [-0.05, 0) is 6.42 Å². The normalized spacial score (nSPS) is 17.7. The van der Waals surface area contributed by atoms with Gasteiger partial charge in [-0.3, -0.25) is 9.89 Å². The standard InChI is InChI=1S/C14H24N4O3/c1-3-4-10-11(15)12(17-16-10)13(19)18(2)9-14(20)5-7-21-8-6-14/h20H,3-9,15H2,1-2H3,(H,16,17). The van der Waals surface area contributed by atoms with Gasteiger partial charge in [-0.25, -0.2) is 0 Å². The predicted octanol–water partition coefficient (Wildman–Crippen LogP) is 0.558. The van der Waals surface area contributed by atoms with Crippen LogP contribution in [0.5, 0.6) is 0 Å². The molecule has 7 heteroatoms. The number of hydrogen-bond donors (Lipinski definition) is 3. The fourth-order valence-electron chi connectivity index (χ4n) is 2.59. The molecule has 0 atom stereocenters. The molecule has 0 aromatic carbocycles. The molecular formula is C14H24N4O3. The Kier molecular flexibility index (Phi) is 4.84. The van der Waals surface area contributed by atoms with Crippen LogP contribution >= 0.6 is 0 Å². The Morgan fingerprint density at radius 3 is 2.81 bits per heavy atom. The minimum Gasteiger partial charge on any atom is -0.395 e. The molecule has 1 aliphatic rings. The van der Waals surface area contributed by atoms with Crippen LogP contribution in [-0.4, -0.2) is 58.5 Å². The molecule has 1 aromatic heterocycles. The molecule has 0 radical (unpaired) electrons. The quantitative estimate of drug-likeness (QED) is 0.736. The van der Waals surface area contributed by atoms with Crippen molar-refractivity contribution in [2.45, 2.75) is 38.2 Å². The SMILES string of the molecule is CCCc1[nH]nc(C(=O)N(C)CC2(O)CCOCC2)c1N. The maximum atomic E-state index is 12.4. The highest BCUT2D eigenvalue weighted by molar-refractivity contribution is 5.97. The van der Waals surface area contributed by atoms with Gasteiger partial charge in [0, 0.05) is 39.6 Å². The molecule has 2 rings (SSSR count). The van der Waals surface area contributed by atoms with Gasteiger partial charge in [-0.2, -0.15) is 5.10 Å². The van der Waals surface area contributed by atoms with Gasteiger partial charge < -0.3 is 20.5 Å². The van der Waals surface area contributed by atoms with Crippen LogP contribution in [-0.2, 0) is 11.2 Å². The average molecular weight is 296 g/mol. The molecule has 0 saturated carbocycles. The number of hydrogen-bond acceptors (Lipinski definition) is 5. The fraction of sp³-hybridized carbons (Fsp3) is 0.714. The van der Waals surface area contributed by atoms with Gasteiger partial charge in [0.25, 0.3) is 5.91 Å². The Bertz CT molecular complexity index is 494. The monoisotopic (exact) mass is 296 g/mol. The number of aliphatic hydroxyl groups is 1. The summed E-state index contributed by atoms with van der Waals surface area (Å²) >= 11 is 0. The van der Waals surface area contributed by atoms with E-state index in [4.69, 9.17) is 10.5 Å². The van der Waals surface area contributed by atoms with Crippen LogP contribution in [0.3, 0.4) is 0 Å². The lowest BCUT2D eigenvalue weighted by Crippen LogP contribution is -2.47. The van der Waals surface area contributed by atoms with E-state index in [9.17, 15) is 9.90 Å². The molecule has 7 nitrogen and oxygen atoms in total. The second-order valence-corrected chi connectivity index (χ2v) is 5.71. The van der Waals surface area contributed by atoms with Crippen LogP contribution in [0, 0.1) is 0 Å². The highest BCUT2D eigenvalue weighted by atomic mass is 16.5. The molecule has 1 aliphatic heterocycles. The van der Waals surface area contributed by atoms with E-state index in [2.05, 4.69) is 10.2 Å². The van der Waals surface area contributed by atoms with Crippen LogP contribution in [0.4, 0.5) is 5.69 Å². The topological polar surface area (TPSA) is 104 Å². The van der Waals surface area contributed by atoms with Gasteiger partial charge in [-0.15, -0.1) is 0 Å².